The summed E-state index contributed by atoms with van der Waals surface area (Å²) >= 11 is 0. The Kier molecular flexibility index (Phi) is 3.47. The predicted molar refractivity (Wildman–Crippen MR) is 63.9 cm³/mol. The third kappa shape index (κ3) is 2.49. The molecule has 0 aliphatic carbocycles. The van der Waals surface area contributed by atoms with Gasteiger partial charge in [0.25, 0.3) is 5.91 Å². The zero-order chi connectivity index (χ0) is 12.4. The van der Waals surface area contributed by atoms with E-state index in [1.54, 1.807) is 0 Å². The standard InChI is InChI=1S/C12H19N3O2/c1-4-10-5-11(14-13-10)12(16)15-6-9(3)17-7-8(15)2/h5,8-9H,4,6-7H2,1-3H3,(H,13,14)/t8-,9+/m0/s1. The van der Waals surface area contributed by atoms with Crippen molar-refractivity contribution in [2.75, 3.05) is 13.2 Å². The summed E-state index contributed by atoms with van der Waals surface area (Å²) < 4.78 is 5.51. The fourth-order valence-electron chi connectivity index (χ4n) is 1.99. The average Bonchev–Trinajstić information content (AvgIpc) is 2.80. The van der Waals surface area contributed by atoms with Gasteiger partial charge in [-0.25, -0.2) is 0 Å². The summed E-state index contributed by atoms with van der Waals surface area (Å²) in [6.07, 6.45) is 0.953. The molecule has 94 valence electrons. The van der Waals surface area contributed by atoms with Crippen LogP contribution in [-0.2, 0) is 11.2 Å². The van der Waals surface area contributed by atoms with Gasteiger partial charge in [-0.2, -0.15) is 5.10 Å². The van der Waals surface area contributed by atoms with Crippen LogP contribution in [0, 0.1) is 0 Å². The Morgan fingerprint density at radius 2 is 2.41 bits per heavy atom. The van der Waals surface area contributed by atoms with E-state index in [9.17, 15) is 4.79 Å². The first kappa shape index (κ1) is 12.1. The molecule has 0 saturated carbocycles. The van der Waals surface area contributed by atoms with Crippen LogP contribution >= 0.6 is 0 Å². The quantitative estimate of drug-likeness (QED) is 0.841. The van der Waals surface area contributed by atoms with Gasteiger partial charge in [-0.05, 0) is 26.3 Å². The minimum Gasteiger partial charge on any atom is -0.375 e. The van der Waals surface area contributed by atoms with E-state index in [0.29, 0.717) is 18.8 Å². The van der Waals surface area contributed by atoms with Crippen LogP contribution in [0.3, 0.4) is 0 Å². The summed E-state index contributed by atoms with van der Waals surface area (Å²) in [6, 6.07) is 1.94. The van der Waals surface area contributed by atoms with E-state index in [2.05, 4.69) is 10.2 Å². The number of H-pyrrole nitrogens is 1. The molecule has 0 unspecified atom stereocenters. The maximum Gasteiger partial charge on any atom is 0.274 e. The summed E-state index contributed by atoms with van der Waals surface area (Å²) in [5.74, 6) is -0.0106. The van der Waals surface area contributed by atoms with Crippen molar-refractivity contribution in [1.29, 1.82) is 0 Å². The van der Waals surface area contributed by atoms with E-state index >= 15 is 0 Å². The molecule has 17 heavy (non-hydrogen) atoms. The van der Waals surface area contributed by atoms with Gasteiger partial charge in [0.2, 0.25) is 0 Å². The Bertz CT molecular complexity index is 402. The Balaban J connectivity index is 2.12. The number of nitrogens with zero attached hydrogens (tertiary/aromatic N) is 2. The van der Waals surface area contributed by atoms with Crippen LogP contribution in [0.25, 0.3) is 0 Å². The number of aromatic nitrogens is 2. The van der Waals surface area contributed by atoms with Gasteiger partial charge in [-0.3, -0.25) is 9.89 Å². The lowest BCUT2D eigenvalue weighted by Crippen LogP contribution is -2.50. The minimum absolute atomic E-state index is 0.0106. The van der Waals surface area contributed by atoms with Crippen LogP contribution in [-0.4, -0.2) is 46.3 Å². The van der Waals surface area contributed by atoms with Gasteiger partial charge < -0.3 is 9.64 Å². The number of hydrogen-bond donors (Lipinski definition) is 1. The molecule has 0 spiro atoms. The zero-order valence-corrected chi connectivity index (χ0v) is 10.6. The Morgan fingerprint density at radius 3 is 3.06 bits per heavy atom. The number of ether oxygens (including phenoxy) is 1. The van der Waals surface area contributed by atoms with Crippen molar-refractivity contribution < 1.29 is 9.53 Å². The van der Waals surface area contributed by atoms with Crippen molar-refractivity contribution in [3.05, 3.63) is 17.5 Å². The highest BCUT2D eigenvalue weighted by atomic mass is 16.5. The van der Waals surface area contributed by atoms with Crippen molar-refractivity contribution in [1.82, 2.24) is 15.1 Å². The molecule has 2 heterocycles. The molecule has 1 saturated heterocycles. The van der Waals surface area contributed by atoms with Crippen molar-refractivity contribution in [3.63, 3.8) is 0 Å². The lowest BCUT2D eigenvalue weighted by Gasteiger charge is -2.36. The van der Waals surface area contributed by atoms with E-state index in [4.69, 9.17) is 4.74 Å². The predicted octanol–water partition coefficient (Wildman–Crippen LogP) is 1.22. The molecular weight excluding hydrogens is 218 g/mol. The van der Waals surface area contributed by atoms with E-state index in [1.807, 2.05) is 31.7 Å². The third-order valence-corrected chi connectivity index (χ3v) is 3.10. The Hall–Kier alpha value is -1.36. The zero-order valence-electron chi connectivity index (χ0n) is 10.6. The van der Waals surface area contributed by atoms with E-state index < -0.39 is 0 Å². The Labute approximate surface area is 101 Å². The van der Waals surface area contributed by atoms with E-state index in [0.717, 1.165) is 12.1 Å². The van der Waals surface area contributed by atoms with Gasteiger partial charge in [0.1, 0.15) is 5.69 Å². The third-order valence-electron chi connectivity index (χ3n) is 3.10. The topological polar surface area (TPSA) is 58.2 Å². The van der Waals surface area contributed by atoms with Gasteiger partial charge in [0.15, 0.2) is 0 Å². The first-order chi connectivity index (χ1) is 8.11. The highest BCUT2D eigenvalue weighted by Gasteiger charge is 2.29. The van der Waals surface area contributed by atoms with E-state index in [1.165, 1.54) is 0 Å². The number of amides is 1. The molecule has 5 nitrogen and oxygen atoms in total. The monoisotopic (exact) mass is 237 g/mol. The first-order valence-electron chi connectivity index (χ1n) is 6.08. The fourth-order valence-corrected chi connectivity index (χ4v) is 1.99. The first-order valence-corrected chi connectivity index (χ1v) is 6.08. The number of morpholine rings is 1. The molecule has 1 aliphatic rings. The van der Waals surface area contributed by atoms with Gasteiger partial charge in [0.05, 0.1) is 18.8 Å². The summed E-state index contributed by atoms with van der Waals surface area (Å²) in [4.78, 5) is 14.1. The van der Waals surface area contributed by atoms with Crippen LogP contribution in [0.15, 0.2) is 6.07 Å². The smallest absolute Gasteiger partial charge is 0.274 e. The molecule has 0 radical (unpaired) electrons. The molecule has 1 amide bonds. The highest BCUT2D eigenvalue weighted by molar-refractivity contribution is 5.92. The lowest BCUT2D eigenvalue weighted by atomic mass is 10.2. The number of carbonyl (C=O) groups excluding carboxylic acids is 1. The van der Waals surface area contributed by atoms with Gasteiger partial charge >= 0.3 is 0 Å². The molecular formula is C12H19N3O2. The maximum absolute atomic E-state index is 12.3. The van der Waals surface area contributed by atoms with Gasteiger partial charge in [-0.1, -0.05) is 6.92 Å². The molecule has 1 aromatic rings. The minimum atomic E-state index is -0.0106. The van der Waals surface area contributed by atoms with Crippen molar-refractivity contribution in [2.45, 2.75) is 39.3 Å². The Morgan fingerprint density at radius 1 is 1.65 bits per heavy atom. The second-order valence-electron chi connectivity index (χ2n) is 4.58. The summed E-state index contributed by atoms with van der Waals surface area (Å²) in [5, 5.41) is 6.94. The summed E-state index contributed by atoms with van der Waals surface area (Å²) in [5.41, 5.74) is 1.49. The van der Waals surface area contributed by atoms with Crippen molar-refractivity contribution in [2.24, 2.45) is 0 Å². The number of rotatable bonds is 2. The number of aromatic amines is 1. The molecule has 5 heteroatoms. The molecule has 1 aliphatic heterocycles. The largest absolute Gasteiger partial charge is 0.375 e. The number of nitrogens with one attached hydrogen (secondary N) is 1. The SMILES string of the molecule is CCc1cc(C(=O)N2C[C@@H](C)OC[C@@H]2C)n[nH]1. The van der Waals surface area contributed by atoms with Gasteiger partial charge in [-0.15, -0.1) is 0 Å². The number of hydrogen-bond acceptors (Lipinski definition) is 3. The summed E-state index contributed by atoms with van der Waals surface area (Å²) in [6.45, 7) is 7.23. The van der Waals surface area contributed by atoms with Crippen LogP contribution in [0.4, 0.5) is 0 Å². The molecule has 0 bridgehead atoms. The van der Waals surface area contributed by atoms with Crippen LogP contribution in [0.5, 0.6) is 0 Å². The highest BCUT2D eigenvalue weighted by Crippen LogP contribution is 2.15. The van der Waals surface area contributed by atoms with Crippen LogP contribution in [0.2, 0.25) is 0 Å². The molecule has 1 aromatic heterocycles. The lowest BCUT2D eigenvalue weighted by molar-refractivity contribution is -0.0389. The van der Waals surface area contributed by atoms with E-state index in [-0.39, 0.29) is 18.1 Å². The molecule has 1 N–H and O–H groups in total. The molecule has 0 aromatic carbocycles. The van der Waals surface area contributed by atoms with Gasteiger partial charge in [0, 0.05) is 12.2 Å². The van der Waals surface area contributed by atoms with Crippen molar-refractivity contribution >= 4 is 5.91 Å². The molecule has 2 atom stereocenters. The number of aryl methyl sites for hydroxylation is 1. The second kappa shape index (κ2) is 4.87. The molecule has 2 rings (SSSR count). The second-order valence-corrected chi connectivity index (χ2v) is 4.58. The maximum atomic E-state index is 12.3. The number of carbonyl (C=O) groups is 1. The van der Waals surface area contributed by atoms with Crippen LogP contribution in [0.1, 0.15) is 37.0 Å². The summed E-state index contributed by atoms with van der Waals surface area (Å²) in [7, 11) is 0. The van der Waals surface area contributed by atoms with Crippen LogP contribution < -0.4 is 0 Å². The average molecular weight is 237 g/mol. The molecule has 1 fully saturated rings. The fraction of sp³-hybridized carbons (Fsp3) is 0.667. The van der Waals surface area contributed by atoms with Crippen molar-refractivity contribution in [3.8, 4) is 0 Å². The normalized spacial score (nSPS) is 25.0.